The van der Waals surface area contributed by atoms with E-state index in [1.165, 1.54) is 0 Å². The Kier molecular flexibility index (Phi) is 4.30. The quantitative estimate of drug-likeness (QED) is 0.786. The van der Waals surface area contributed by atoms with Crippen LogP contribution in [0, 0.1) is 0 Å². The summed E-state index contributed by atoms with van der Waals surface area (Å²) >= 11 is 0. The molecule has 7 nitrogen and oxygen atoms in total. The largest absolute Gasteiger partial charge is 0.459 e. The van der Waals surface area contributed by atoms with Crippen LogP contribution in [0.1, 0.15) is 23.9 Å². The minimum absolute atomic E-state index is 0.0253. The maximum Gasteiger partial charge on any atom is 0.283 e. The Morgan fingerprint density at radius 1 is 1.16 bits per heavy atom. The third-order valence-electron chi connectivity index (χ3n) is 4.26. The summed E-state index contributed by atoms with van der Waals surface area (Å²) in [6.45, 7) is 1.79. The van der Waals surface area contributed by atoms with Crippen molar-refractivity contribution in [3.63, 3.8) is 0 Å². The molecule has 7 heteroatoms. The van der Waals surface area contributed by atoms with Crippen LogP contribution < -0.4 is 5.32 Å². The summed E-state index contributed by atoms with van der Waals surface area (Å²) < 4.78 is 11.0. The molecule has 128 valence electrons. The number of benzene rings is 1. The van der Waals surface area contributed by atoms with Crippen LogP contribution in [-0.2, 0) is 11.3 Å². The highest BCUT2D eigenvalue weighted by Crippen LogP contribution is 2.27. The molecule has 1 saturated heterocycles. The zero-order chi connectivity index (χ0) is 17.1. The molecule has 2 aromatic heterocycles. The van der Waals surface area contributed by atoms with Gasteiger partial charge in [-0.2, -0.15) is 0 Å². The van der Waals surface area contributed by atoms with E-state index in [0.717, 1.165) is 5.56 Å². The number of carbonyl (C=O) groups is 1. The van der Waals surface area contributed by atoms with Crippen LogP contribution in [0.25, 0.3) is 11.7 Å². The van der Waals surface area contributed by atoms with Gasteiger partial charge < -0.3 is 14.2 Å². The number of hydrogen-bond donors (Lipinski definition) is 1. The summed E-state index contributed by atoms with van der Waals surface area (Å²) in [6, 6.07) is 13.5. The smallest absolute Gasteiger partial charge is 0.283 e. The van der Waals surface area contributed by atoms with Crippen molar-refractivity contribution in [3.8, 4) is 11.7 Å². The number of amides is 1. The normalized spacial score (nSPS) is 18.7. The molecule has 0 spiro atoms. The lowest BCUT2D eigenvalue weighted by atomic mass is 10.0. The lowest BCUT2D eigenvalue weighted by Crippen LogP contribution is -2.30. The van der Waals surface area contributed by atoms with Crippen LogP contribution in [0.15, 0.2) is 57.6 Å². The Labute approximate surface area is 144 Å². The minimum Gasteiger partial charge on any atom is -0.459 e. The molecule has 1 amide bonds. The maximum absolute atomic E-state index is 12.0. The van der Waals surface area contributed by atoms with Crippen molar-refractivity contribution < 1.29 is 13.6 Å². The van der Waals surface area contributed by atoms with Gasteiger partial charge >= 0.3 is 0 Å². The minimum atomic E-state index is -0.0253. The molecule has 0 aliphatic carbocycles. The number of furan rings is 1. The van der Waals surface area contributed by atoms with E-state index in [0.29, 0.717) is 43.6 Å². The SMILES string of the molecule is O=C1C[C@@H](c2ccccc2)N(Cc2nnc(-c3ccco3)o2)CCN1. The van der Waals surface area contributed by atoms with Gasteiger partial charge in [-0.15, -0.1) is 10.2 Å². The molecule has 1 aromatic carbocycles. The van der Waals surface area contributed by atoms with Gasteiger partial charge in [-0.1, -0.05) is 30.3 Å². The Morgan fingerprint density at radius 2 is 2.04 bits per heavy atom. The Bertz CT molecular complexity index is 829. The first-order chi connectivity index (χ1) is 12.3. The van der Waals surface area contributed by atoms with Gasteiger partial charge in [0, 0.05) is 25.6 Å². The molecule has 0 bridgehead atoms. The van der Waals surface area contributed by atoms with Gasteiger partial charge in [0.15, 0.2) is 5.76 Å². The Hall–Kier alpha value is -2.93. The molecule has 0 saturated carbocycles. The number of nitrogens with one attached hydrogen (secondary N) is 1. The number of rotatable bonds is 4. The molecule has 3 heterocycles. The van der Waals surface area contributed by atoms with Gasteiger partial charge in [-0.25, -0.2) is 0 Å². The number of carbonyl (C=O) groups excluding carboxylic acids is 1. The van der Waals surface area contributed by atoms with Crippen LogP contribution in [0.3, 0.4) is 0 Å². The van der Waals surface area contributed by atoms with Gasteiger partial charge in [0.05, 0.1) is 12.8 Å². The molecule has 1 fully saturated rings. The zero-order valence-corrected chi connectivity index (χ0v) is 13.6. The van der Waals surface area contributed by atoms with E-state index < -0.39 is 0 Å². The topological polar surface area (TPSA) is 84.4 Å². The lowest BCUT2D eigenvalue weighted by molar-refractivity contribution is -0.121. The van der Waals surface area contributed by atoms with Gasteiger partial charge in [-0.3, -0.25) is 9.69 Å². The van der Waals surface area contributed by atoms with Gasteiger partial charge in [0.2, 0.25) is 11.8 Å². The second-order valence-corrected chi connectivity index (χ2v) is 5.93. The Morgan fingerprint density at radius 3 is 2.84 bits per heavy atom. The van der Waals surface area contributed by atoms with Gasteiger partial charge in [0.25, 0.3) is 5.89 Å². The Balaban J connectivity index is 1.57. The van der Waals surface area contributed by atoms with Crippen molar-refractivity contribution in [2.75, 3.05) is 13.1 Å². The van der Waals surface area contributed by atoms with Crippen LogP contribution in [0.5, 0.6) is 0 Å². The van der Waals surface area contributed by atoms with E-state index >= 15 is 0 Å². The molecule has 0 radical (unpaired) electrons. The fraction of sp³-hybridized carbons (Fsp3) is 0.278. The molecule has 25 heavy (non-hydrogen) atoms. The van der Waals surface area contributed by atoms with Gasteiger partial charge in [-0.05, 0) is 17.7 Å². The van der Waals surface area contributed by atoms with E-state index in [1.807, 2.05) is 30.3 Å². The van der Waals surface area contributed by atoms with E-state index in [4.69, 9.17) is 8.83 Å². The van der Waals surface area contributed by atoms with Gasteiger partial charge in [0.1, 0.15) is 0 Å². The molecule has 1 aliphatic rings. The van der Waals surface area contributed by atoms with Crippen LogP contribution in [0.4, 0.5) is 0 Å². The molecule has 1 aliphatic heterocycles. The van der Waals surface area contributed by atoms with E-state index in [1.54, 1.807) is 18.4 Å². The number of aromatic nitrogens is 2. The molecule has 4 rings (SSSR count). The zero-order valence-electron chi connectivity index (χ0n) is 13.6. The molecule has 3 aromatic rings. The summed E-state index contributed by atoms with van der Waals surface area (Å²) in [6.07, 6.45) is 1.97. The van der Waals surface area contributed by atoms with E-state index in [-0.39, 0.29) is 11.9 Å². The number of hydrogen-bond acceptors (Lipinski definition) is 6. The van der Waals surface area contributed by atoms with Crippen LogP contribution in [0.2, 0.25) is 0 Å². The monoisotopic (exact) mass is 338 g/mol. The predicted octanol–water partition coefficient (Wildman–Crippen LogP) is 2.39. The third-order valence-corrected chi connectivity index (χ3v) is 4.26. The molecular weight excluding hydrogens is 320 g/mol. The summed E-state index contributed by atoms with van der Waals surface area (Å²) in [5.74, 6) is 1.46. The third kappa shape index (κ3) is 3.46. The standard InChI is InChI=1S/C18H18N4O3/c23-16-11-14(13-5-2-1-3-6-13)22(9-8-19-16)12-17-20-21-18(25-17)15-7-4-10-24-15/h1-7,10,14H,8-9,11-12H2,(H,19,23)/t14-/m0/s1. The molecule has 1 atom stereocenters. The fourth-order valence-electron chi connectivity index (χ4n) is 3.06. The van der Waals surface area contributed by atoms with Crippen molar-refractivity contribution in [1.29, 1.82) is 0 Å². The summed E-state index contributed by atoms with van der Waals surface area (Å²) in [4.78, 5) is 14.2. The summed E-state index contributed by atoms with van der Waals surface area (Å²) in [5.41, 5.74) is 1.10. The summed E-state index contributed by atoms with van der Waals surface area (Å²) in [7, 11) is 0. The highest BCUT2D eigenvalue weighted by Gasteiger charge is 2.27. The van der Waals surface area contributed by atoms with E-state index in [9.17, 15) is 4.79 Å². The van der Waals surface area contributed by atoms with Crippen LogP contribution >= 0.6 is 0 Å². The molecular formula is C18H18N4O3. The highest BCUT2D eigenvalue weighted by molar-refractivity contribution is 5.77. The average Bonchev–Trinajstić information content (AvgIpc) is 3.28. The van der Waals surface area contributed by atoms with Crippen molar-refractivity contribution >= 4 is 5.91 Å². The number of nitrogens with zero attached hydrogens (tertiary/aromatic N) is 3. The van der Waals surface area contributed by atoms with Crippen molar-refractivity contribution in [2.45, 2.75) is 19.0 Å². The predicted molar refractivity (Wildman–Crippen MR) is 89.2 cm³/mol. The molecule has 1 N–H and O–H groups in total. The van der Waals surface area contributed by atoms with E-state index in [2.05, 4.69) is 20.4 Å². The maximum atomic E-state index is 12.0. The van der Waals surface area contributed by atoms with Crippen molar-refractivity contribution in [3.05, 3.63) is 60.2 Å². The highest BCUT2D eigenvalue weighted by atomic mass is 16.4. The average molecular weight is 338 g/mol. The fourth-order valence-corrected chi connectivity index (χ4v) is 3.06. The van der Waals surface area contributed by atoms with Crippen molar-refractivity contribution in [1.82, 2.24) is 20.4 Å². The molecule has 0 unspecified atom stereocenters. The second-order valence-electron chi connectivity index (χ2n) is 5.93. The lowest BCUT2D eigenvalue weighted by Gasteiger charge is -2.27. The first-order valence-electron chi connectivity index (χ1n) is 8.21. The first kappa shape index (κ1) is 15.6. The summed E-state index contributed by atoms with van der Waals surface area (Å²) in [5, 5.41) is 11.1. The first-order valence-corrected chi connectivity index (χ1v) is 8.21. The second kappa shape index (κ2) is 6.90. The van der Waals surface area contributed by atoms with Crippen LogP contribution in [-0.4, -0.2) is 34.1 Å². The van der Waals surface area contributed by atoms with Crippen molar-refractivity contribution in [2.24, 2.45) is 0 Å².